The maximum absolute atomic E-state index is 13.5. The predicted octanol–water partition coefficient (Wildman–Crippen LogP) is 1.74. The first-order valence-electron chi connectivity index (χ1n) is 10.3. The fourth-order valence-electron chi connectivity index (χ4n) is 3.72. The number of urea groups is 1. The van der Waals surface area contributed by atoms with Gasteiger partial charge in [-0.05, 0) is 18.2 Å². The Bertz CT molecular complexity index is 1000. The van der Waals surface area contributed by atoms with Crippen molar-refractivity contribution in [2.45, 2.75) is 12.5 Å². The average molecular weight is 446 g/mol. The van der Waals surface area contributed by atoms with Crippen molar-refractivity contribution in [2.24, 2.45) is 0 Å². The molecule has 1 aromatic carbocycles. The molecule has 11 heteroatoms. The molecule has 0 N–H and O–H groups in total. The first kappa shape index (κ1) is 21.7. The standard InChI is InChI=1S/C21H24F2N6O3/c1-26(2)18-5-6-19(25-24-18)32-15-7-8-27(12-15)20(30)13-28-9-10-29(21(28)31)14-3-4-16(22)17(23)11-14/h3-6,11,15H,7-10,12-13H2,1-2H3. The Hall–Kier alpha value is -3.50. The second-order valence-corrected chi connectivity index (χ2v) is 7.95. The Morgan fingerprint density at radius 1 is 1.12 bits per heavy atom. The summed E-state index contributed by atoms with van der Waals surface area (Å²) in [7, 11) is 3.74. The van der Waals surface area contributed by atoms with Crippen LogP contribution < -0.4 is 14.5 Å². The van der Waals surface area contributed by atoms with Crippen molar-refractivity contribution in [1.29, 1.82) is 0 Å². The molecule has 2 aliphatic heterocycles. The van der Waals surface area contributed by atoms with Crippen molar-refractivity contribution in [3.05, 3.63) is 42.0 Å². The molecule has 1 unspecified atom stereocenters. The van der Waals surface area contributed by atoms with Crippen LogP contribution in [-0.4, -0.2) is 84.9 Å². The Morgan fingerprint density at radius 3 is 2.62 bits per heavy atom. The first-order valence-corrected chi connectivity index (χ1v) is 10.3. The molecule has 0 aliphatic carbocycles. The lowest BCUT2D eigenvalue weighted by molar-refractivity contribution is -0.130. The third kappa shape index (κ3) is 4.56. The van der Waals surface area contributed by atoms with E-state index in [9.17, 15) is 18.4 Å². The highest BCUT2D eigenvalue weighted by molar-refractivity contribution is 5.96. The van der Waals surface area contributed by atoms with Gasteiger partial charge in [0.25, 0.3) is 0 Å². The Labute approximate surface area is 184 Å². The van der Waals surface area contributed by atoms with Crippen LogP contribution in [0.15, 0.2) is 30.3 Å². The monoisotopic (exact) mass is 446 g/mol. The van der Waals surface area contributed by atoms with Gasteiger partial charge in [-0.15, -0.1) is 10.2 Å². The number of aromatic nitrogens is 2. The summed E-state index contributed by atoms with van der Waals surface area (Å²) in [5.74, 6) is -1.07. The zero-order chi connectivity index (χ0) is 22.8. The number of carbonyl (C=O) groups excluding carboxylic acids is 2. The zero-order valence-corrected chi connectivity index (χ0v) is 17.9. The van der Waals surface area contributed by atoms with Crippen molar-refractivity contribution in [1.82, 2.24) is 20.0 Å². The zero-order valence-electron chi connectivity index (χ0n) is 17.9. The summed E-state index contributed by atoms with van der Waals surface area (Å²) in [5, 5.41) is 8.12. The highest BCUT2D eigenvalue weighted by Gasteiger charge is 2.34. The van der Waals surface area contributed by atoms with Crippen LogP contribution in [0, 0.1) is 11.6 Å². The van der Waals surface area contributed by atoms with E-state index in [1.165, 1.54) is 15.9 Å². The minimum atomic E-state index is -1.02. The second kappa shape index (κ2) is 8.93. The van der Waals surface area contributed by atoms with Gasteiger partial charge in [0, 0.05) is 58.0 Å². The van der Waals surface area contributed by atoms with Crippen LogP contribution in [0.1, 0.15) is 6.42 Å². The molecular formula is C21H24F2N6O3. The van der Waals surface area contributed by atoms with Gasteiger partial charge in [0.15, 0.2) is 17.5 Å². The quantitative estimate of drug-likeness (QED) is 0.673. The summed E-state index contributed by atoms with van der Waals surface area (Å²) in [6.07, 6.45) is 0.448. The van der Waals surface area contributed by atoms with Gasteiger partial charge in [-0.3, -0.25) is 9.69 Å². The van der Waals surface area contributed by atoms with Crippen molar-refractivity contribution in [2.75, 3.05) is 56.6 Å². The van der Waals surface area contributed by atoms with Crippen LogP contribution in [0.5, 0.6) is 5.88 Å². The smallest absolute Gasteiger partial charge is 0.325 e. The van der Waals surface area contributed by atoms with E-state index in [4.69, 9.17) is 4.74 Å². The lowest BCUT2D eigenvalue weighted by Crippen LogP contribution is -2.42. The Morgan fingerprint density at radius 2 is 1.94 bits per heavy atom. The van der Waals surface area contributed by atoms with Gasteiger partial charge < -0.3 is 19.4 Å². The summed E-state index contributed by atoms with van der Waals surface area (Å²) < 4.78 is 32.5. The van der Waals surface area contributed by atoms with Crippen molar-refractivity contribution >= 4 is 23.4 Å². The molecule has 0 radical (unpaired) electrons. The molecule has 32 heavy (non-hydrogen) atoms. The van der Waals surface area contributed by atoms with Crippen LogP contribution >= 0.6 is 0 Å². The average Bonchev–Trinajstić information content (AvgIpc) is 3.38. The molecule has 0 bridgehead atoms. The summed E-state index contributed by atoms with van der Waals surface area (Å²) in [4.78, 5) is 31.6. The molecular weight excluding hydrogens is 422 g/mol. The second-order valence-electron chi connectivity index (χ2n) is 7.95. The van der Waals surface area contributed by atoms with Gasteiger partial charge in [0.05, 0.1) is 6.54 Å². The fraction of sp³-hybridized carbons (Fsp3) is 0.429. The number of halogens is 2. The lowest BCUT2D eigenvalue weighted by atomic mass is 10.3. The first-order chi connectivity index (χ1) is 15.3. The molecule has 9 nitrogen and oxygen atoms in total. The maximum Gasteiger partial charge on any atom is 0.325 e. The van der Waals surface area contributed by atoms with Gasteiger partial charge in [-0.25, -0.2) is 13.6 Å². The van der Waals surface area contributed by atoms with Crippen LogP contribution in [-0.2, 0) is 4.79 Å². The molecule has 1 aromatic heterocycles. The third-order valence-corrected chi connectivity index (χ3v) is 5.51. The normalized spacial score (nSPS) is 18.4. The molecule has 2 aromatic rings. The SMILES string of the molecule is CN(C)c1ccc(OC2CCN(C(=O)CN3CCN(c4ccc(F)c(F)c4)C3=O)C2)nn1. The minimum absolute atomic E-state index is 0.0803. The van der Waals surface area contributed by atoms with Crippen LogP contribution in [0.25, 0.3) is 0 Å². The number of hydrogen-bond donors (Lipinski definition) is 0. The molecule has 1 atom stereocenters. The van der Waals surface area contributed by atoms with Gasteiger partial charge in [-0.2, -0.15) is 0 Å². The molecule has 0 spiro atoms. The van der Waals surface area contributed by atoms with Crippen LogP contribution in [0.3, 0.4) is 0 Å². The van der Waals surface area contributed by atoms with Gasteiger partial charge >= 0.3 is 6.03 Å². The third-order valence-electron chi connectivity index (χ3n) is 5.51. The number of carbonyl (C=O) groups is 2. The van der Waals surface area contributed by atoms with Crippen molar-refractivity contribution in [3.63, 3.8) is 0 Å². The molecule has 3 amide bonds. The number of rotatable bonds is 6. The molecule has 4 rings (SSSR count). The number of anilines is 2. The molecule has 2 aliphatic rings. The molecule has 0 saturated carbocycles. The van der Waals surface area contributed by atoms with Gasteiger partial charge in [-0.1, -0.05) is 0 Å². The molecule has 2 saturated heterocycles. The Kier molecular flexibility index (Phi) is 6.06. The topological polar surface area (TPSA) is 82.1 Å². The van der Waals surface area contributed by atoms with E-state index in [1.807, 2.05) is 19.0 Å². The number of nitrogens with zero attached hydrogens (tertiary/aromatic N) is 6. The molecule has 170 valence electrons. The van der Waals surface area contributed by atoms with E-state index in [1.54, 1.807) is 17.0 Å². The largest absolute Gasteiger partial charge is 0.471 e. The van der Waals surface area contributed by atoms with Gasteiger partial charge in [0.2, 0.25) is 11.8 Å². The van der Waals surface area contributed by atoms with Gasteiger partial charge in [0.1, 0.15) is 12.6 Å². The molecule has 3 heterocycles. The van der Waals surface area contributed by atoms with E-state index >= 15 is 0 Å². The number of ether oxygens (including phenoxy) is 1. The predicted molar refractivity (Wildman–Crippen MR) is 113 cm³/mol. The van der Waals surface area contributed by atoms with E-state index in [2.05, 4.69) is 10.2 Å². The van der Waals surface area contributed by atoms with E-state index in [-0.39, 0.29) is 24.2 Å². The fourth-order valence-corrected chi connectivity index (χ4v) is 3.72. The molecule has 2 fully saturated rings. The highest BCUT2D eigenvalue weighted by Crippen LogP contribution is 2.23. The van der Waals surface area contributed by atoms with Crippen molar-refractivity contribution in [3.8, 4) is 5.88 Å². The van der Waals surface area contributed by atoms with E-state index < -0.39 is 17.7 Å². The lowest BCUT2D eigenvalue weighted by Gasteiger charge is -2.22. The Balaban J connectivity index is 1.30. The van der Waals surface area contributed by atoms with Crippen LogP contribution in [0.4, 0.5) is 25.1 Å². The number of benzene rings is 1. The number of likely N-dealkylation sites (tertiary alicyclic amines) is 1. The minimum Gasteiger partial charge on any atom is -0.471 e. The summed E-state index contributed by atoms with van der Waals surface area (Å²) in [6, 6.07) is 6.44. The number of hydrogen-bond acceptors (Lipinski definition) is 6. The van der Waals surface area contributed by atoms with E-state index in [0.29, 0.717) is 44.3 Å². The summed E-state index contributed by atoms with van der Waals surface area (Å²) in [5.41, 5.74) is 0.264. The van der Waals surface area contributed by atoms with Crippen LogP contribution in [0.2, 0.25) is 0 Å². The highest BCUT2D eigenvalue weighted by atomic mass is 19.2. The maximum atomic E-state index is 13.5. The summed E-state index contributed by atoms with van der Waals surface area (Å²) >= 11 is 0. The summed E-state index contributed by atoms with van der Waals surface area (Å²) in [6.45, 7) is 1.45. The van der Waals surface area contributed by atoms with E-state index in [0.717, 1.165) is 12.1 Å². The number of amides is 3. The van der Waals surface area contributed by atoms with Crippen molar-refractivity contribution < 1.29 is 23.1 Å².